The van der Waals surface area contributed by atoms with Crippen LogP contribution in [0, 0.1) is 0 Å². The molecule has 1 fully saturated rings. The van der Waals surface area contributed by atoms with Gasteiger partial charge in [0, 0.05) is 43.5 Å². The van der Waals surface area contributed by atoms with Gasteiger partial charge < -0.3 is 15.5 Å². The van der Waals surface area contributed by atoms with Gasteiger partial charge in [-0.15, -0.1) is 0 Å². The van der Waals surface area contributed by atoms with Gasteiger partial charge in [0.2, 0.25) is 5.95 Å². The summed E-state index contributed by atoms with van der Waals surface area (Å²) in [5.74, 6) is 1.47. The van der Waals surface area contributed by atoms with Gasteiger partial charge in [0.25, 0.3) is 5.91 Å². The minimum Gasteiger partial charge on any atom is -0.363 e. The first-order chi connectivity index (χ1) is 15.6. The number of amides is 1. The third-order valence-corrected chi connectivity index (χ3v) is 6.49. The second kappa shape index (κ2) is 10.5. The first kappa shape index (κ1) is 22.1. The van der Waals surface area contributed by atoms with E-state index in [1.165, 1.54) is 11.8 Å². The van der Waals surface area contributed by atoms with Gasteiger partial charge in [0.15, 0.2) is 0 Å². The molecule has 2 aromatic heterocycles. The SMILES string of the molecule is CN(C)c1ccnc(NC2CCC(NC(=O)c3cccnc3Sc3ccccc3)CC2)n1. The highest BCUT2D eigenvalue weighted by Crippen LogP contribution is 2.29. The summed E-state index contributed by atoms with van der Waals surface area (Å²) in [6.07, 6.45) is 7.25. The fourth-order valence-electron chi connectivity index (χ4n) is 3.74. The van der Waals surface area contributed by atoms with E-state index in [1.807, 2.05) is 67.5 Å². The summed E-state index contributed by atoms with van der Waals surface area (Å²) in [7, 11) is 3.93. The molecule has 1 aliphatic rings. The molecule has 0 bridgehead atoms. The highest BCUT2D eigenvalue weighted by molar-refractivity contribution is 7.99. The standard InChI is InChI=1S/C24H28N6OS/c1-30(2)21-14-16-26-24(29-21)28-18-12-10-17(11-13-18)27-22(31)20-9-6-15-25-23(20)32-19-7-4-3-5-8-19/h3-9,14-18H,10-13H2,1-2H3,(H,27,31)(H,26,28,29). The van der Waals surface area contributed by atoms with Crippen LogP contribution in [-0.2, 0) is 0 Å². The number of rotatable bonds is 7. The number of carbonyl (C=O) groups is 1. The highest BCUT2D eigenvalue weighted by Gasteiger charge is 2.24. The lowest BCUT2D eigenvalue weighted by molar-refractivity contribution is 0.0923. The maximum atomic E-state index is 13.0. The zero-order chi connectivity index (χ0) is 22.3. The van der Waals surface area contributed by atoms with Gasteiger partial charge in [-0.25, -0.2) is 9.97 Å². The van der Waals surface area contributed by atoms with Crippen LogP contribution in [0.25, 0.3) is 0 Å². The van der Waals surface area contributed by atoms with Gasteiger partial charge in [-0.1, -0.05) is 30.0 Å². The lowest BCUT2D eigenvalue weighted by Crippen LogP contribution is -2.40. The summed E-state index contributed by atoms with van der Waals surface area (Å²) >= 11 is 1.51. The van der Waals surface area contributed by atoms with E-state index >= 15 is 0 Å². The zero-order valence-corrected chi connectivity index (χ0v) is 19.2. The van der Waals surface area contributed by atoms with Crippen molar-refractivity contribution in [1.82, 2.24) is 20.3 Å². The Labute approximate surface area is 193 Å². The molecule has 7 nitrogen and oxygen atoms in total. The number of carbonyl (C=O) groups excluding carboxylic acids is 1. The Morgan fingerprint density at radius 1 is 0.938 bits per heavy atom. The Balaban J connectivity index is 1.32. The van der Waals surface area contributed by atoms with Crippen molar-refractivity contribution in [2.24, 2.45) is 0 Å². The van der Waals surface area contributed by atoms with Gasteiger partial charge in [-0.2, -0.15) is 4.98 Å². The maximum Gasteiger partial charge on any atom is 0.254 e. The summed E-state index contributed by atoms with van der Waals surface area (Å²) in [5, 5.41) is 7.38. The first-order valence-corrected chi connectivity index (χ1v) is 11.7. The molecule has 0 saturated heterocycles. The van der Waals surface area contributed by atoms with Crippen LogP contribution in [0.1, 0.15) is 36.0 Å². The molecule has 0 atom stereocenters. The molecule has 0 aliphatic heterocycles. The van der Waals surface area contributed by atoms with Gasteiger partial charge in [-0.3, -0.25) is 4.79 Å². The number of nitrogens with zero attached hydrogens (tertiary/aromatic N) is 4. The van der Waals surface area contributed by atoms with E-state index in [0.29, 0.717) is 17.6 Å². The number of nitrogens with one attached hydrogen (secondary N) is 2. The van der Waals surface area contributed by atoms with Crippen molar-refractivity contribution in [3.63, 3.8) is 0 Å². The molecule has 2 N–H and O–H groups in total. The van der Waals surface area contributed by atoms with E-state index < -0.39 is 0 Å². The summed E-state index contributed by atoms with van der Waals surface area (Å²) in [5.41, 5.74) is 0.621. The second-order valence-corrected chi connectivity index (χ2v) is 9.13. The monoisotopic (exact) mass is 448 g/mol. The van der Waals surface area contributed by atoms with Crippen LogP contribution < -0.4 is 15.5 Å². The third kappa shape index (κ3) is 5.76. The summed E-state index contributed by atoms with van der Waals surface area (Å²) < 4.78 is 0. The van der Waals surface area contributed by atoms with Crippen molar-refractivity contribution in [1.29, 1.82) is 0 Å². The van der Waals surface area contributed by atoms with Crippen LogP contribution in [0.15, 0.2) is 70.8 Å². The van der Waals surface area contributed by atoms with E-state index in [4.69, 9.17) is 0 Å². The number of benzene rings is 1. The molecule has 166 valence electrons. The van der Waals surface area contributed by atoms with Crippen molar-refractivity contribution in [3.05, 3.63) is 66.5 Å². The van der Waals surface area contributed by atoms with Crippen molar-refractivity contribution in [3.8, 4) is 0 Å². The fraction of sp³-hybridized carbons (Fsp3) is 0.333. The average molecular weight is 449 g/mol. The minimum absolute atomic E-state index is 0.0602. The van der Waals surface area contributed by atoms with Crippen molar-refractivity contribution < 1.29 is 4.79 Å². The van der Waals surface area contributed by atoms with E-state index in [-0.39, 0.29) is 11.9 Å². The molecule has 4 rings (SSSR count). The predicted octanol–water partition coefficient (Wildman–Crippen LogP) is 4.24. The Hall–Kier alpha value is -3.13. The van der Waals surface area contributed by atoms with Crippen LogP contribution in [0.5, 0.6) is 0 Å². The number of aromatic nitrogens is 3. The molecular formula is C24H28N6OS. The second-order valence-electron chi connectivity index (χ2n) is 8.07. The van der Waals surface area contributed by atoms with Crippen LogP contribution in [-0.4, -0.2) is 47.0 Å². The Bertz CT molecular complexity index is 1040. The van der Waals surface area contributed by atoms with Gasteiger partial charge in [0.05, 0.1) is 5.56 Å². The van der Waals surface area contributed by atoms with Gasteiger partial charge in [0.1, 0.15) is 10.8 Å². The van der Waals surface area contributed by atoms with Crippen LogP contribution in [0.3, 0.4) is 0 Å². The van der Waals surface area contributed by atoms with Crippen molar-refractivity contribution in [2.45, 2.75) is 47.7 Å². The van der Waals surface area contributed by atoms with Crippen LogP contribution in [0.2, 0.25) is 0 Å². The summed E-state index contributed by atoms with van der Waals surface area (Å²) in [4.78, 5) is 29.3. The maximum absolute atomic E-state index is 13.0. The number of pyridine rings is 1. The quantitative estimate of drug-likeness (QED) is 0.559. The molecule has 0 radical (unpaired) electrons. The Morgan fingerprint density at radius 3 is 2.44 bits per heavy atom. The van der Waals surface area contributed by atoms with E-state index in [1.54, 1.807) is 12.4 Å². The smallest absolute Gasteiger partial charge is 0.254 e. The molecular weight excluding hydrogens is 420 g/mol. The molecule has 1 aliphatic carbocycles. The normalized spacial score (nSPS) is 18.1. The lowest BCUT2D eigenvalue weighted by atomic mass is 9.91. The van der Waals surface area contributed by atoms with Crippen LogP contribution in [0.4, 0.5) is 11.8 Å². The summed E-state index contributed by atoms with van der Waals surface area (Å²) in [6, 6.07) is 16.0. The molecule has 3 aromatic rings. The highest BCUT2D eigenvalue weighted by atomic mass is 32.2. The number of anilines is 2. The minimum atomic E-state index is -0.0602. The third-order valence-electron chi connectivity index (χ3n) is 5.47. The van der Waals surface area contributed by atoms with E-state index in [0.717, 1.165) is 41.4 Å². The van der Waals surface area contributed by atoms with E-state index in [9.17, 15) is 4.79 Å². The van der Waals surface area contributed by atoms with Gasteiger partial charge in [-0.05, 0) is 56.0 Å². The largest absolute Gasteiger partial charge is 0.363 e. The lowest BCUT2D eigenvalue weighted by Gasteiger charge is -2.30. The molecule has 8 heteroatoms. The molecule has 0 unspecified atom stereocenters. The number of hydrogen-bond acceptors (Lipinski definition) is 7. The van der Waals surface area contributed by atoms with Gasteiger partial charge >= 0.3 is 0 Å². The Morgan fingerprint density at radius 2 is 1.69 bits per heavy atom. The molecule has 1 amide bonds. The molecule has 0 spiro atoms. The molecule has 32 heavy (non-hydrogen) atoms. The topological polar surface area (TPSA) is 83.0 Å². The predicted molar refractivity (Wildman–Crippen MR) is 128 cm³/mol. The zero-order valence-electron chi connectivity index (χ0n) is 18.4. The van der Waals surface area contributed by atoms with Crippen molar-refractivity contribution in [2.75, 3.05) is 24.3 Å². The number of hydrogen-bond donors (Lipinski definition) is 2. The van der Waals surface area contributed by atoms with Crippen LogP contribution >= 0.6 is 11.8 Å². The molecule has 1 saturated carbocycles. The summed E-state index contributed by atoms with van der Waals surface area (Å²) in [6.45, 7) is 0. The average Bonchev–Trinajstić information content (AvgIpc) is 2.81. The molecule has 1 aromatic carbocycles. The molecule has 2 heterocycles. The van der Waals surface area contributed by atoms with Crippen molar-refractivity contribution >= 4 is 29.4 Å². The first-order valence-electron chi connectivity index (χ1n) is 10.8. The fourth-order valence-corrected chi connectivity index (χ4v) is 4.64. The Kier molecular flexibility index (Phi) is 7.21. The van der Waals surface area contributed by atoms with E-state index in [2.05, 4.69) is 25.6 Å².